The molecule has 3 aromatic carbocycles. The van der Waals surface area contributed by atoms with E-state index < -0.39 is 0 Å². The Bertz CT molecular complexity index is 1140. The van der Waals surface area contributed by atoms with Crippen LogP contribution in [0.25, 0.3) is 11.3 Å². The zero-order valence-electron chi connectivity index (χ0n) is 17.3. The number of rotatable bonds is 5. The molecule has 0 fully saturated rings. The Balaban J connectivity index is 1.39. The summed E-state index contributed by atoms with van der Waals surface area (Å²) in [5, 5.41) is 5.72. The summed E-state index contributed by atoms with van der Waals surface area (Å²) in [7, 11) is 0. The van der Waals surface area contributed by atoms with Gasteiger partial charge in [-0.2, -0.15) is 0 Å². The summed E-state index contributed by atoms with van der Waals surface area (Å²) in [5.41, 5.74) is 6.89. The number of anilines is 1. The lowest BCUT2D eigenvalue weighted by molar-refractivity contribution is -0.116. The lowest BCUT2D eigenvalue weighted by atomic mass is 9.90. The molecule has 0 aliphatic heterocycles. The molecule has 1 heterocycles. The van der Waals surface area contributed by atoms with Crippen LogP contribution in [0.4, 0.5) is 5.13 Å². The number of hydrogen-bond acceptors (Lipinski definition) is 3. The maximum absolute atomic E-state index is 13.3. The van der Waals surface area contributed by atoms with Gasteiger partial charge in [-0.1, -0.05) is 72.8 Å². The van der Waals surface area contributed by atoms with Gasteiger partial charge in [-0.15, -0.1) is 11.3 Å². The van der Waals surface area contributed by atoms with Crippen molar-refractivity contribution in [3.8, 4) is 11.3 Å². The molecular weight excluding hydrogens is 400 g/mol. The lowest BCUT2D eigenvalue weighted by Crippen LogP contribution is -2.22. The number of amides is 1. The molecule has 0 spiro atoms. The van der Waals surface area contributed by atoms with Crippen molar-refractivity contribution in [3.05, 3.63) is 106 Å². The highest BCUT2D eigenvalue weighted by molar-refractivity contribution is 7.14. The van der Waals surface area contributed by atoms with Crippen LogP contribution in [0.2, 0.25) is 0 Å². The van der Waals surface area contributed by atoms with Crippen molar-refractivity contribution < 1.29 is 4.79 Å². The number of aryl methyl sites for hydroxylation is 2. The molecule has 1 aromatic heterocycles. The normalized spacial score (nSPS) is 13.1. The first-order valence-electron chi connectivity index (χ1n) is 10.8. The fourth-order valence-electron chi connectivity index (χ4n) is 4.32. The average Bonchev–Trinajstić information content (AvgIpc) is 3.29. The Morgan fingerprint density at radius 1 is 0.839 bits per heavy atom. The van der Waals surface area contributed by atoms with Gasteiger partial charge in [-0.25, -0.2) is 4.98 Å². The van der Waals surface area contributed by atoms with Crippen LogP contribution < -0.4 is 5.32 Å². The van der Waals surface area contributed by atoms with Gasteiger partial charge in [0.1, 0.15) is 0 Å². The second kappa shape index (κ2) is 8.86. The Hall–Kier alpha value is -3.24. The molecule has 1 aliphatic carbocycles. The largest absolute Gasteiger partial charge is 0.301 e. The molecule has 31 heavy (non-hydrogen) atoms. The van der Waals surface area contributed by atoms with Crippen molar-refractivity contribution in [1.82, 2.24) is 4.98 Å². The summed E-state index contributed by atoms with van der Waals surface area (Å²) >= 11 is 1.47. The number of fused-ring (bicyclic) bond motifs is 1. The van der Waals surface area contributed by atoms with Gasteiger partial charge in [0, 0.05) is 10.9 Å². The van der Waals surface area contributed by atoms with Crippen LogP contribution in [0.5, 0.6) is 0 Å². The van der Waals surface area contributed by atoms with Crippen molar-refractivity contribution in [2.24, 2.45) is 0 Å². The third kappa shape index (κ3) is 4.30. The maximum Gasteiger partial charge on any atom is 0.238 e. The minimum atomic E-state index is -0.376. The monoisotopic (exact) mass is 424 g/mol. The smallest absolute Gasteiger partial charge is 0.238 e. The molecule has 0 saturated carbocycles. The summed E-state index contributed by atoms with van der Waals surface area (Å²) in [6.45, 7) is 0. The fourth-order valence-corrected chi connectivity index (χ4v) is 5.04. The van der Waals surface area contributed by atoms with Crippen LogP contribution in [0.15, 0.2) is 84.2 Å². The number of hydrogen-bond donors (Lipinski definition) is 1. The highest BCUT2D eigenvalue weighted by Crippen LogP contribution is 2.31. The van der Waals surface area contributed by atoms with Crippen LogP contribution in [0.3, 0.4) is 0 Å². The molecule has 1 amide bonds. The molecule has 5 rings (SSSR count). The topological polar surface area (TPSA) is 42.0 Å². The van der Waals surface area contributed by atoms with E-state index in [4.69, 9.17) is 4.98 Å². The van der Waals surface area contributed by atoms with E-state index in [0.717, 1.165) is 28.8 Å². The Labute approximate surface area is 186 Å². The molecule has 0 unspecified atom stereocenters. The number of benzene rings is 3. The van der Waals surface area contributed by atoms with Gasteiger partial charge in [0.15, 0.2) is 5.13 Å². The molecule has 154 valence electrons. The van der Waals surface area contributed by atoms with E-state index in [2.05, 4.69) is 23.5 Å². The van der Waals surface area contributed by atoms with Gasteiger partial charge in [0.05, 0.1) is 11.6 Å². The van der Waals surface area contributed by atoms with Crippen molar-refractivity contribution in [2.45, 2.75) is 31.6 Å². The second-order valence-corrected chi connectivity index (χ2v) is 8.83. The van der Waals surface area contributed by atoms with Crippen LogP contribution in [0, 0.1) is 0 Å². The first-order chi connectivity index (χ1) is 15.3. The highest BCUT2D eigenvalue weighted by atomic mass is 32.1. The summed E-state index contributed by atoms with van der Waals surface area (Å²) < 4.78 is 0. The Morgan fingerprint density at radius 3 is 2.16 bits per heavy atom. The van der Waals surface area contributed by atoms with E-state index in [9.17, 15) is 4.79 Å². The van der Waals surface area contributed by atoms with Crippen molar-refractivity contribution >= 4 is 22.4 Å². The van der Waals surface area contributed by atoms with E-state index in [1.807, 2.05) is 66.0 Å². The first-order valence-corrected chi connectivity index (χ1v) is 11.6. The third-order valence-electron chi connectivity index (χ3n) is 5.91. The van der Waals surface area contributed by atoms with Gasteiger partial charge in [-0.05, 0) is 54.0 Å². The van der Waals surface area contributed by atoms with Crippen LogP contribution in [-0.2, 0) is 17.6 Å². The molecule has 0 atom stereocenters. The minimum absolute atomic E-state index is 0.0660. The average molecular weight is 425 g/mol. The highest BCUT2D eigenvalue weighted by Gasteiger charge is 2.23. The van der Waals surface area contributed by atoms with Gasteiger partial charge < -0.3 is 5.32 Å². The number of carbonyl (C=O) groups excluding carboxylic acids is 1. The summed E-state index contributed by atoms with van der Waals surface area (Å²) in [5.74, 6) is -0.442. The minimum Gasteiger partial charge on any atom is -0.301 e. The van der Waals surface area contributed by atoms with E-state index in [0.29, 0.717) is 5.13 Å². The van der Waals surface area contributed by atoms with Crippen molar-refractivity contribution in [3.63, 3.8) is 0 Å². The molecule has 0 radical (unpaired) electrons. The molecule has 1 N–H and O–H groups in total. The predicted octanol–water partition coefficient (Wildman–Crippen LogP) is 6.46. The quantitative estimate of drug-likeness (QED) is 0.399. The van der Waals surface area contributed by atoms with Gasteiger partial charge >= 0.3 is 0 Å². The van der Waals surface area contributed by atoms with Crippen LogP contribution >= 0.6 is 11.3 Å². The maximum atomic E-state index is 13.3. The summed E-state index contributed by atoms with van der Waals surface area (Å²) in [6.07, 6.45) is 4.86. The van der Waals surface area contributed by atoms with Gasteiger partial charge in [0.25, 0.3) is 0 Å². The molecule has 0 saturated heterocycles. The zero-order valence-corrected chi connectivity index (χ0v) is 18.1. The van der Waals surface area contributed by atoms with Crippen LogP contribution in [0.1, 0.15) is 41.0 Å². The number of carbonyl (C=O) groups is 1. The predicted molar refractivity (Wildman–Crippen MR) is 128 cm³/mol. The molecule has 4 heteroatoms. The Kier molecular flexibility index (Phi) is 5.63. The number of nitrogens with one attached hydrogen (secondary N) is 1. The van der Waals surface area contributed by atoms with E-state index in [-0.39, 0.29) is 11.8 Å². The number of nitrogens with zero attached hydrogens (tertiary/aromatic N) is 1. The SMILES string of the molecule is O=C(Nc1nc(-c2ccc3c(c2)CCCC3)cs1)C(c1ccccc1)c1ccccc1. The van der Waals surface area contributed by atoms with Crippen LogP contribution in [-0.4, -0.2) is 10.9 Å². The van der Waals surface area contributed by atoms with Gasteiger partial charge in [-0.3, -0.25) is 4.79 Å². The Morgan fingerprint density at radius 2 is 1.48 bits per heavy atom. The fraction of sp³-hybridized carbons (Fsp3) is 0.185. The van der Waals surface area contributed by atoms with E-state index >= 15 is 0 Å². The first kappa shape index (κ1) is 19.7. The standard InChI is InChI=1S/C27H24N2OS/c30-26(25(20-10-3-1-4-11-20)21-12-5-2-6-13-21)29-27-28-24(18-31-27)23-16-15-19-9-7-8-14-22(19)17-23/h1-6,10-13,15-18,25H,7-9,14H2,(H,28,29,30). The number of aromatic nitrogens is 1. The lowest BCUT2D eigenvalue weighted by Gasteiger charge is -2.17. The molecule has 3 nitrogen and oxygen atoms in total. The third-order valence-corrected chi connectivity index (χ3v) is 6.66. The van der Waals surface area contributed by atoms with Crippen molar-refractivity contribution in [1.29, 1.82) is 0 Å². The van der Waals surface area contributed by atoms with Gasteiger partial charge in [0.2, 0.25) is 5.91 Å². The second-order valence-electron chi connectivity index (χ2n) is 7.97. The molecular formula is C27H24N2OS. The van der Waals surface area contributed by atoms with E-state index in [1.165, 1.54) is 41.7 Å². The summed E-state index contributed by atoms with van der Waals surface area (Å²) in [4.78, 5) is 18.0. The van der Waals surface area contributed by atoms with Crippen molar-refractivity contribution in [2.75, 3.05) is 5.32 Å². The van der Waals surface area contributed by atoms with E-state index in [1.54, 1.807) is 0 Å². The summed E-state index contributed by atoms with van der Waals surface area (Å²) in [6, 6.07) is 26.5. The molecule has 0 bridgehead atoms. The number of thiazole rings is 1. The zero-order chi connectivity index (χ0) is 21.0. The molecule has 1 aliphatic rings. The molecule has 4 aromatic rings.